The number of nitrogens with two attached hydrogens (primary N) is 1. The van der Waals surface area contributed by atoms with Crippen molar-refractivity contribution < 1.29 is 4.74 Å². The van der Waals surface area contributed by atoms with Crippen molar-refractivity contribution in [1.82, 2.24) is 0 Å². The van der Waals surface area contributed by atoms with Gasteiger partial charge in [-0.15, -0.1) is 0 Å². The molecule has 0 aromatic carbocycles. The van der Waals surface area contributed by atoms with E-state index in [4.69, 9.17) is 10.5 Å². The summed E-state index contributed by atoms with van der Waals surface area (Å²) in [5.74, 6) is 1.61. The lowest BCUT2D eigenvalue weighted by molar-refractivity contribution is -0.0801. The minimum Gasteiger partial charge on any atom is -0.374 e. The van der Waals surface area contributed by atoms with Gasteiger partial charge in [-0.3, -0.25) is 0 Å². The highest BCUT2D eigenvalue weighted by atomic mass is 16.5. The molecule has 1 atom stereocenters. The van der Waals surface area contributed by atoms with Crippen molar-refractivity contribution >= 4 is 0 Å². The molecule has 0 aromatic heterocycles. The molecule has 2 N–H and O–H groups in total. The van der Waals surface area contributed by atoms with Crippen LogP contribution >= 0.6 is 0 Å². The molecule has 0 heterocycles. The van der Waals surface area contributed by atoms with Crippen molar-refractivity contribution in [1.29, 1.82) is 0 Å². The molecule has 1 aliphatic carbocycles. The first-order valence-electron chi connectivity index (χ1n) is 8.02. The average molecular weight is 255 g/mol. The Balaban J connectivity index is 2.63. The van der Waals surface area contributed by atoms with E-state index in [0.29, 0.717) is 5.92 Å². The third-order valence-electron chi connectivity index (χ3n) is 5.21. The van der Waals surface area contributed by atoms with Crippen LogP contribution in [0.5, 0.6) is 0 Å². The third-order valence-corrected chi connectivity index (χ3v) is 5.21. The Morgan fingerprint density at radius 2 is 1.61 bits per heavy atom. The SMILES string of the molecule is CCOC(CC)(CC)C(N)C1CCC(CC)CC1. The number of hydrogen-bond acceptors (Lipinski definition) is 2. The van der Waals surface area contributed by atoms with Gasteiger partial charge in [0.2, 0.25) is 0 Å². The largest absolute Gasteiger partial charge is 0.374 e. The van der Waals surface area contributed by atoms with Gasteiger partial charge in [0.05, 0.1) is 5.60 Å². The monoisotopic (exact) mass is 255 g/mol. The van der Waals surface area contributed by atoms with Crippen LogP contribution in [0.3, 0.4) is 0 Å². The standard InChI is InChI=1S/C16H33NO/c1-5-13-9-11-14(12-10-13)15(17)16(6-2,7-3)18-8-4/h13-15H,5-12,17H2,1-4H3. The van der Waals surface area contributed by atoms with E-state index in [1.807, 2.05) is 0 Å². The van der Waals surface area contributed by atoms with Crippen LogP contribution in [0.4, 0.5) is 0 Å². The average Bonchev–Trinajstić information content (AvgIpc) is 2.44. The molecule has 108 valence electrons. The van der Waals surface area contributed by atoms with Crippen molar-refractivity contribution in [2.45, 2.75) is 84.3 Å². The highest BCUT2D eigenvalue weighted by Crippen LogP contribution is 2.37. The van der Waals surface area contributed by atoms with Crippen LogP contribution in [-0.2, 0) is 4.74 Å². The van der Waals surface area contributed by atoms with Crippen LogP contribution < -0.4 is 5.73 Å². The first-order chi connectivity index (χ1) is 8.63. The Hall–Kier alpha value is -0.0800. The Bertz CT molecular complexity index is 217. The van der Waals surface area contributed by atoms with Crippen LogP contribution in [0.15, 0.2) is 0 Å². The predicted octanol–water partition coefficient (Wildman–Crippen LogP) is 4.13. The zero-order valence-corrected chi connectivity index (χ0v) is 12.9. The first kappa shape index (κ1) is 16.0. The molecule has 0 saturated heterocycles. The van der Waals surface area contributed by atoms with Gasteiger partial charge >= 0.3 is 0 Å². The van der Waals surface area contributed by atoms with Gasteiger partial charge in [-0.05, 0) is 44.4 Å². The summed E-state index contributed by atoms with van der Waals surface area (Å²) in [6, 6.07) is 0.213. The maximum Gasteiger partial charge on any atom is 0.0829 e. The molecule has 0 radical (unpaired) electrons. The summed E-state index contributed by atoms with van der Waals surface area (Å²) in [6.45, 7) is 9.61. The van der Waals surface area contributed by atoms with Gasteiger partial charge in [-0.2, -0.15) is 0 Å². The van der Waals surface area contributed by atoms with Crippen LogP contribution in [0.1, 0.15) is 72.6 Å². The first-order valence-corrected chi connectivity index (χ1v) is 8.02. The van der Waals surface area contributed by atoms with E-state index >= 15 is 0 Å². The summed E-state index contributed by atoms with van der Waals surface area (Å²) in [7, 11) is 0. The summed E-state index contributed by atoms with van der Waals surface area (Å²) in [5.41, 5.74) is 6.51. The number of ether oxygens (including phenoxy) is 1. The molecule has 1 unspecified atom stereocenters. The fourth-order valence-electron chi connectivity index (χ4n) is 3.69. The van der Waals surface area contributed by atoms with E-state index in [1.54, 1.807) is 0 Å². The lowest BCUT2D eigenvalue weighted by Gasteiger charge is -2.43. The van der Waals surface area contributed by atoms with E-state index < -0.39 is 0 Å². The second-order valence-corrected chi connectivity index (χ2v) is 5.92. The molecule has 1 rings (SSSR count). The Kier molecular flexibility index (Phi) is 6.65. The van der Waals surface area contributed by atoms with Crippen LogP contribution in [0, 0.1) is 11.8 Å². The van der Waals surface area contributed by atoms with Crippen molar-refractivity contribution in [2.24, 2.45) is 17.6 Å². The molecule has 1 saturated carbocycles. The summed E-state index contributed by atoms with van der Waals surface area (Å²) in [5, 5.41) is 0. The molecule has 2 nitrogen and oxygen atoms in total. The van der Waals surface area contributed by atoms with Gasteiger partial charge in [0, 0.05) is 12.6 Å². The molecular weight excluding hydrogens is 222 g/mol. The maximum absolute atomic E-state index is 6.60. The van der Waals surface area contributed by atoms with Gasteiger partial charge in [-0.25, -0.2) is 0 Å². The molecule has 1 fully saturated rings. The summed E-state index contributed by atoms with van der Waals surface area (Å²) >= 11 is 0. The van der Waals surface area contributed by atoms with Gasteiger partial charge in [0.25, 0.3) is 0 Å². The molecule has 18 heavy (non-hydrogen) atoms. The molecule has 0 aliphatic heterocycles. The summed E-state index contributed by atoms with van der Waals surface area (Å²) in [4.78, 5) is 0. The van der Waals surface area contributed by atoms with Crippen LogP contribution in [0.2, 0.25) is 0 Å². The van der Waals surface area contributed by atoms with Crippen molar-refractivity contribution in [3.05, 3.63) is 0 Å². The quantitative estimate of drug-likeness (QED) is 0.742. The zero-order chi connectivity index (χ0) is 13.6. The van der Waals surface area contributed by atoms with Gasteiger partial charge < -0.3 is 10.5 Å². The van der Waals surface area contributed by atoms with Gasteiger partial charge in [0.1, 0.15) is 0 Å². The zero-order valence-electron chi connectivity index (χ0n) is 12.9. The smallest absolute Gasteiger partial charge is 0.0829 e. The Morgan fingerprint density at radius 3 is 2.00 bits per heavy atom. The number of hydrogen-bond donors (Lipinski definition) is 1. The predicted molar refractivity (Wildman–Crippen MR) is 78.7 cm³/mol. The fourth-order valence-corrected chi connectivity index (χ4v) is 3.69. The lowest BCUT2D eigenvalue weighted by atomic mass is 9.72. The Morgan fingerprint density at radius 1 is 1.06 bits per heavy atom. The molecule has 2 heteroatoms. The van der Waals surface area contributed by atoms with E-state index in [1.165, 1.54) is 32.1 Å². The van der Waals surface area contributed by atoms with Gasteiger partial charge in [0.15, 0.2) is 0 Å². The van der Waals surface area contributed by atoms with Crippen LogP contribution in [-0.4, -0.2) is 18.2 Å². The van der Waals surface area contributed by atoms with Gasteiger partial charge in [-0.1, -0.05) is 40.0 Å². The molecule has 0 bridgehead atoms. The number of rotatable bonds is 7. The second-order valence-electron chi connectivity index (χ2n) is 5.92. The van der Waals surface area contributed by atoms with Crippen molar-refractivity contribution in [3.8, 4) is 0 Å². The minimum absolute atomic E-state index is 0.0849. The second kappa shape index (κ2) is 7.49. The van der Waals surface area contributed by atoms with E-state index in [-0.39, 0.29) is 11.6 Å². The molecule has 1 aliphatic rings. The third kappa shape index (κ3) is 3.48. The highest BCUT2D eigenvalue weighted by molar-refractivity contribution is 4.95. The fraction of sp³-hybridized carbons (Fsp3) is 1.00. The minimum atomic E-state index is -0.0849. The maximum atomic E-state index is 6.60. The Labute approximate surface area is 114 Å². The van der Waals surface area contributed by atoms with Crippen molar-refractivity contribution in [3.63, 3.8) is 0 Å². The van der Waals surface area contributed by atoms with E-state index in [9.17, 15) is 0 Å². The molecule has 0 amide bonds. The molecular formula is C16H33NO. The normalized spacial score (nSPS) is 27.2. The van der Waals surface area contributed by atoms with E-state index in [0.717, 1.165) is 25.4 Å². The molecule has 0 aromatic rings. The van der Waals surface area contributed by atoms with Crippen molar-refractivity contribution in [2.75, 3.05) is 6.61 Å². The van der Waals surface area contributed by atoms with E-state index in [2.05, 4.69) is 27.7 Å². The van der Waals surface area contributed by atoms with Crippen LogP contribution in [0.25, 0.3) is 0 Å². The summed E-state index contributed by atoms with van der Waals surface area (Å²) in [6.07, 6.45) is 8.73. The highest BCUT2D eigenvalue weighted by Gasteiger charge is 2.39. The molecule has 0 spiro atoms. The summed E-state index contributed by atoms with van der Waals surface area (Å²) < 4.78 is 6.07. The lowest BCUT2D eigenvalue weighted by Crippen LogP contribution is -2.54. The topological polar surface area (TPSA) is 35.2 Å².